The highest BCUT2D eigenvalue weighted by Crippen LogP contribution is 2.16. The van der Waals surface area contributed by atoms with Crippen molar-refractivity contribution in [2.75, 3.05) is 6.54 Å². The Kier molecular flexibility index (Phi) is 3.88. The standard InChI is InChI=1S/C11H17NO2S/c1-11(2,3)10(14)12-6-9(13)8-4-5-15-7-8/h4-5,7,9,13H,6H2,1-3H3,(H,12,14)/t9-/m1/s1. The molecule has 0 unspecified atom stereocenters. The Labute approximate surface area is 94.1 Å². The number of aliphatic hydroxyl groups excluding tert-OH is 1. The molecular weight excluding hydrogens is 210 g/mol. The van der Waals surface area contributed by atoms with Crippen molar-refractivity contribution in [3.05, 3.63) is 22.4 Å². The molecule has 1 rings (SSSR count). The van der Waals surface area contributed by atoms with Crippen LogP contribution >= 0.6 is 11.3 Å². The van der Waals surface area contributed by atoms with Crippen LogP contribution in [0.2, 0.25) is 0 Å². The lowest BCUT2D eigenvalue weighted by Crippen LogP contribution is -2.37. The van der Waals surface area contributed by atoms with E-state index in [0.717, 1.165) is 5.56 Å². The van der Waals surface area contributed by atoms with Crippen molar-refractivity contribution in [3.8, 4) is 0 Å². The quantitative estimate of drug-likeness (QED) is 0.829. The van der Waals surface area contributed by atoms with Gasteiger partial charge in [-0.25, -0.2) is 0 Å². The van der Waals surface area contributed by atoms with Crippen LogP contribution in [0.1, 0.15) is 32.4 Å². The molecule has 0 aromatic carbocycles. The first-order valence-electron chi connectivity index (χ1n) is 4.89. The molecule has 0 fully saturated rings. The van der Waals surface area contributed by atoms with Crippen molar-refractivity contribution < 1.29 is 9.90 Å². The van der Waals surface area contributed by atoms with Gasteiger partial charge in [0.2, 0.25) is 5.91 Å². The fourth-order valence-electron chi connectivity index (χ4n) is 1.04. The smallest absolute Gasteiger partial charge is 0.225 e. The maximum atomic E-state index is 11.5. The van der Waals surface area contributed by atoms with E-state index < -0.39 is 11.5 Å². The third-order valence-electron chi connectivity index (χ3n) is 2.07. The summed E-state index contributed by atoms with van der Waals surface area (Å²) in [4.78, 5) is 11.5. The number of nitrogens with one attached hydrogen (secondary N) is 1. The van der Waals surface area contributed by atoms with Crippen molar-refractivity contribution in [2.45, 2.75) is 26.9 Å². The van der Waals surface area contributed by atoms with Crippen LogP contribution in [0.25, 0.3) is 0 Å². The lowest BCUT2D eigenvalue weighted by molar-refractivity contribution is -0.128. The number of thiophene rings is 1. The molecule has 0 saturated carbocycles. The van der Waals surface area contributed by atoms with Crippen LogP contribution in [0.5, 0.6) is 0 Å². The molecule has 0 bridgehead atoms. The number of carbonyl (C=O) groups is 1. The Hall–Kier alpha value is -0.870. The predicted octanol–water partition coefficient (Wildman–Crippen LogP) is 1.94. The molecule has 84 valence electrons. The lowest BCUT2D eigenvalue weighted by Gasteiger charge is -2.19. The third-order valence-corrected chi connectivity index (χ3v) is 2.77. The zero-order valence-corrected chi connectivity index (χ0v) is 10.1. The van der Waals surface area contributed by atoms with Crippen LogP contribution < -0.4 is 5.32 Å². The highest BCUT2D eigenvalue weighted by atomic mass is 32.1. The van der Waals surface area contributed by atoms with Gasteiger partial charge in [-0.05, 0) is 22.4 Å². The number of hydrogen-bond acceptors (Lipinski definition) is 3. The van der Waals surface area contributed by atoms with Crippen LogP contribution in [-0.4, -0.2) is 17.6 Å². The van der Waals surface area contributed by atoms with Gasteiger partial charge in [-0.15, -0.1) is 0 Å². The Morgan fingerprint density at radius 1 is 1.60 bits per heavy atom. The topological polar surface area (TPSA) is 49.3 Å². The van der Waals surface area contributed by atoms with Crippen molar-refractivity contribution in [3.63, 3.8) is 0 Å². The maximum absolute atomic E-state index is 11.5. The Morgan fingerprint density at radius 3 is 2.73 bits per heavy atom. The summed E-state index contributed by atoms with van der Waals surface area (Å²) in [5.74, 6) is -0.0446. The molecule has 1 aromatic heterocycles. The van der Waals surface area contributed by atoms with Crippen molar-refractivity contribution >= 4 is 17.2 Å². The molecule has 3 nitrogen and oxygen atoms in total. The van der Waals surface area contributed by atoms with E-state index in [1.165, 1.54) is 11.3 Å². The van der Waals surface area contributed by atoms with Crippen molar-refractivity contribution in [1.82, 2.24) is 5.32 Å². The van der Waals surface area contributed by atoms with Crippen LogP contribution in [0, 0.1) is 5.41 Å². The molecule has 2 N–H and O–H groups in total. The van der Waals surface area contributed by atoms with E-state index in [1.807, 2.05) is 37.6 Å². The molecule has 1 atom stereocenters. The molecule has 1 amide bonds. The zero-order valence-electron chi connectivity index (χ0n) is 9.28. The highest BCUT2D eigenvalue weighted by Gasteiger charge is 2.21. The fraction of sp³-hybridized carbons (Fsp3) is 0.545. The van der Waals surface area contributed by atoms with E-state index >= 15 is 0 Å². The second-order valence-corrected chi connectivity index (χ2v) is 5.31. The summed E-state index contributed by atoms with van der Waals surface area (Å²) in [6.45, 7) is 5.81. The number of carbonyl (C=O) groups excluding carboxylic acids is 1. The molecule has 0 aliphatic carbocycles. The summed E-state index contributed by atoms with van der Waals surface area (Å²) in [6.07, 6.45) is -0.609. The molecule has 15 heavy (non-hydrogen) atoms. The number of rotatable bonds is 3. The third kappa shape index (κ3) is 3.64. The fourth-order valence-corrected chi connectivity index (χ4v) is 1.74. The van der Waals surface area contributed by atoms with Crippen LogP contribution in [0.4, 0.5) is 0 Å². The van der Waals surface area contributed by atoms with Gasteiger partial charge in [-0.2, -0.15) is 11.3 Å². The lowest BCUT2D eigenvalue weighted by atomic mass is 9.95. The molecule has 1 aromatic rings. The van der Waals surface area contributed by atoms with Crippen LogP contribution in [-0.2, 0) is 4.79 Å². The Balaban J connectivity index is 2.42. The second-order valence-electron chi connectivity index (χ2n) is 4.53. The first-order chi connectivity index (χ1) is 6.91. The highest BCUT2D eigenvalue weighted by molar-refractivity contribution is 7.07. The summed E-state index contributed by atoms with van der Waals surface area (Å²) in [7, 11) is 0. The van der Waals surface area contributed by atoms with E-state index in [9.17, 15) is 9.90 Å². The first-order valence-corrected chi connectivity index (χ1v) is 5.84. The largest absolute Gasteiger partial charge is 0.387 e. The molecule has 0 aliphatic rings. The minimum Gasteiger partial charge on any atom is -0.387 e. The van der Waals surface area contributed by atoms with E-state index in [2.05, 4.69) is 5.32 Å². The SMILES string of the molecule is CC(C)(C)C(=O)NC[C@@H](O)c1ccsc1. The summed E-state index contributed by atoms with van der Waals surface area (Å²) in [5, 5.41) is 16.2. The monoisotopic (exact) mass is 227 g/mol. The summed E-state index contributed by atoms with van der Waals surface area (Å²) >= 11 is 1.54. The van der Waals surface area contributed by atoms with Gasteiger partial charge < -0.3 is 10.4 Å². The van der Waals surface area contributed by atoms with Crippen LogP contribution in [0.3, 0.4) is 0 Å². The number of aliphatic hydroxyl groups is 1. The average Bonchev–Trinajstić information content (AvgIpc) is 2.64. The van der Waals surface area contributed by atoms with E-state index in [1.54, 1.807) is 0 Å². The molecule has 1 heterocycles. The molecule has 0 saturated heterocycles. The minimum absolute atomic E-state index is 0.0446. The zero-order chi connectivity index (χ0) is 11.5. The van der Waals surface area contributed by atoms with Gasteiger partial charge in [0.1, 0.15) is 0 Å². The predicted molar refractivity (Wildman–Crippen MR) is 61.7 cm³/mol. The molecule has 0 aliphatic heterocycles. The van der Waals surface area contributed by atoms with Crippen LogP contribution in [0.15, 0.2) is 16.8 Å². The van der Waals surface area contributed by atoms with Gasteiger partial charge in [-0.3, -0.25) is 4.79 Å². The number of hydrogen-bond donors (Lipinski definition) is 2. The van der Waals surface area contributed by atoms with Gasteiger partial charge in [0, 0.05) is 12.0 Å². The van der Waals surface area contributed by atoms with Gasteiger partial charge in [0.25, 0.3) is 0 Å². The molecular formula is C11H17NO2S. The number of amides is 1. The Morgan fingerprint density at radius 2 is 2.27 bits per heavy atom. The van der Waals surface area contributed by atoms with E-state index in [4.69, 9.17) is 0 Å². The summed E-state index contributed by atoms with van der Waals surface area (Å²) < 4.78 is 0. The minimum atomic E-state index is -0.609. The van der Waals surface area contributed by atoms with Crippen molar-refractivity contribution in [1.29, 1.82) is 0 Å². The van der Waals surface area contributed by atoms with E-state index in [-0.39, 0.29) is 12.5 Å². The average molecular weight is 227 g/mol. The van der Waals surface area contributed by atoms with Gasteiger partial charge in [-0.1, -0.05) is 20.8 Å². The molecule has 4 heteroatoms. The normalized spacial score (nSPS) is 13.6. The molecule has 0 radical (unpaired) electrons. The van der Waals surface area contributed by atoms with Crippen molar-refractivity contribution in [2.24, 2.45) is 5.41 Å². The maximum Gasteiger partial charge on any atom is 0.225 e. The Bertz CT molecular complexity index is 314. The van der Waals surface area contributed by atoms with E-state index in [0.29, 0.717) is 0 Å². The summed E-state index contributed by atoms with van der Waals surface area (Å²) in [6, 6.07) is 1.86. The van der Waals surface area contributed by atoms with Gasteiger partial charge in [0.15, 0.2) is 0 Å². The summed E-state index contributed by atoms with van der Waals surface area (Å²) in [5.41, 5.74) is 0.447. The first kappa shape index (κ1) is 12.2. The van der Waals surface area contributed by atoms with Gasteiger partial charge >= 0.3 is 0 Å². The van der Waals surface area contributed by atoms with Gasteiger partial charge in [0.05, 0.1) is 6.10 Å². The second kappa shape index (κ2) is 4.77. The molecule has 0 spiro atoms.